The summed E-state index contributed by atoms with van der Waals surface area (Å²) >= 11 is 1.39. The van der Waals surface area contributed by atoms with Crippen LogP contribution in [0.5, 0.6) is 0 Å². The van der Waals surface area contributed by atoms with Gasteiger partial charge in [-0.1, -0.05) is 11.8 Å². The van der Waals surface area contributed by atoms with E-state index in [0.29, 0.717) is 5.75 Å². The highest BCUT2D eigenvalue weighted by Crippen LogP contribution is 2.17. The number of aromatic nitrogens is 3. The molecule has 0 aliphatic carbocycles. The van der Waals surface area contributed by atoms with Crippen LogP contribution in [0, 0.1) is 11.3 Å². The van der Waals surface area contributed by atoms with Gasteiger partial charge < -0.3 is 4.98 Å². The maximum Gasteiger partial charge on any atom is 0.167 e. The molecule has 0 saturated carbocycles. The Labute approximate surface area is 79.0 Å². The van der Waals surface area contributed by atoms with Crippen LogP contribution in [0.3, 0.4) is 0 Å². The second-order valence-electron chi connectivity index (χ2n) is 2.38. The fourth-order valence-electron chi connectivity index (χ4n) is 1.00. The summed E-state index contributed by atoms with van der Waals surface area (Å²) in [6, 6.07) is 3.88. The molecule has 0 aliphatic rings. The average molecular weight is 190 g/mol. The van der Waals surface area contributed by atoms with Crippen LogP contribution in [-0.2, 0) is 0 Å². The monoisotopic (exact) mass is 190 g/mol. The summed E-state index contributed by atoms with van der Waals surface area (Å²) in [5.74, 6) is 0.410. The van der Waals surface area contributed by atoms with Crippen molar-refractivity contribution in [2.24, 2.45) is 0 Å². The highest BCUT2D eigenvalue weighted by Gasteiger charge is 2.01. The van der Waals surface area contributed by atoms with Gasteiger partial charge in [0, 0.05) is 6.20 Å². The number of rotatable bonds is 2. The maximum absolute atomic E-state index is 8.38. The smallest absolute Gasteiger partial charge is 0.167 e. The van der Waals surface area contributed by atoms with Gasteiger partial charge >= 0.3 is 0 Å². The van der Waals surface area contributed by atoms with E-state index in [9.17, 15) is 0 Å². The van der Waals surface area contributed by atoms with Gasteiger partial charge in [-0.2, -0.15) is 5.26 Å². The van der Waals surface area contributed by atoms with E-state index in [1.165, 1.54) is 11.8 Å². The van der Waals surface area contributed by atoms with E-state index >= 15 is 0 Å². The highest BCUT2D eigenvalue weighted by molar-refractivity contribution is 7.99. The number of hydrogen-bond acceptors (Lipinski definition) is 4. The fraction of sp³-hybridized carbons (Fsp3) is 0.125. The van der Waals surface area contributed by atoms with Gasteiger partial charge in [-0.25, -0.2) is 4.98 Å². The van der Waals surface area contributed by atoms with Crippen molar-refractivity contribution in [1.29, 1.82) is 5.26 Å². The molecule has 0 saturated heterocycles. The molecule has 0 aromatic carbocycles. The summed E-state index contributed by atoms with van der Waals surface area (Å²) in [7, 11) is 0. The first-order valence-corrected chi connectivity index (χ1v) is 4.68. The van der Waals surface area contributed by atoms with Gasteiger partial charge in [-0.15, -0.1) is 0 Å². The molecule has 2 aromatic heterocycles. The standard InChI is InChI=1S/C8H6N4S/c9-2-4-13-8-11-6-1-3-10-5-7(6)12-8/h1,3,5H,4H2,(H,11,12). The molecule has 1 N–H and O–H groups in total. The lowest BCUT2D eigenvalue weighted by atomic mass is 10.4. The van der Waals surface area contributed by atoms with E-state index in [2.05, 4.69) is 15.0 Å². The first-order valence-electron chi connectivity index (χ1n) is 3.69. The number of nitrogens with one attached hydrogen (secondary N) is 1. The van der Waals surface area contributed by atoms with Crippen LogP contribution in [-0.4, -0.2) is 20.7 Å². The Hall–Kier alpha value is -1.54. The third kappa shape index (κ3) is 1.63. The van der Waals surface area contributed by atoms with Gasteiger partial charge in [-0.3, -0.25) is 4.98 Å². The predicted octanol–water partition coefficient (Wildman–Crippen LogP) is 1.57. The molecule has 2 aromatic rings. The Balaban J connectivity index is 2.34. The van der Waals surface area contributed by atoms with Gasteiger partial charge in [0.25, 0.3) is 0 Å². The quantitative estimate of drug-likeness (QED) is 0.730. The lowest BCUT2D eigenvalue weighted by Gasteiger charge is -1.85. The predicted molar refractivity (Wildman–Crippen MR) is 50.2 cm³/mol. The topological polar surface area (TPSA) is 65.4 Å². The molecule has 13 heavy (non-hydrogen) atoms. The van der Waals surface area contributed by atoms with E-state index < -0.39 is 0 Å². The number of imidazole rings is 1. The number of fused-ring (bicyclic) bond motifs is 1. The molecule has 2 rings (SSSR count). The lowest BCUT2D eigenvalue weighted by molar-refractivity contribution is 1.08. The number of thioether (sulfide) groups is 1. The Morgan fingerprint density at radius 1 is 1.62 bits per heavy atom. The third-order valence-electron chi connectivity index (χ3n) is 1.54. The van der Waals surface area contributed by atoms with Crippen molar-refractivity contribution in [3.63, 3.8) is 0 Å². The van der Waals surface area contributed by atoms with Crippen molar-refractivity contribution in [3.8, 4) is 6.07 Å². The minimum Gasteiger partial charge on any atom is -0.332 e. The van der Waals surface area contributed by atoms with E-state index in [4.69, 9.17) is 5.26 Å². The molecular formula is C8H6N4S. The van der Waals surface area contributed by atoms with Crippen molar-refractivity contribution in [1.82, 2.24) is 15.0 Å². The number of aromatic amines is 1. The van der Waals surface area contributed by atoms with Crippen LogP contribution >= 0.6 is 11.8 Å². The van der Waals surface area contributed by atoms with Crippen LogP contribution in [0.1, 0.15) is 0 Å². The van der Waals surface area contributed by atoms with Gasteiger partial charge in [0.15, 0.2) is 5.16 Å². The van der Waals surface area contributed by atoms with Crippen LogP contribution < -0.4 is 0 Å². The largest absolute Gasteiger partial charge is 0.332 e. The minimum atomic E-state index is 0.410. The molecule has 5 heteroatoms. The lowest BCUT2D eigenvalue weighted by Crippen LogP contribution is -1.75. The Kier molecular flexibility index (Phi) is 2.15. The van der Waals surface area contributed by atoms with Crippen molar-refractivity contribution >= 4 is 22.8 Å². The molecule has 0 atom stereocenters. The Morgan fingerprint density at radius 2 is 2.54 bits per heavy atom. The molecule has 4 nitrogen and oxygen atoms in total. The second kappa shape index (κ2) is 3.46. The second-order valence-corrected chi connectivity index (χ2v) is 3.35. The zero-order valence-electron chi connectivity index (χ0n) is 6.69. The normalized spacial score (nSPS) is 10.1. The number of nitriles is 1. The van der Waals surface area contributed by atoms with E-state index in [1.807, 2.05) is 12.1 Å². The molecular weight excluding hydrogens is 184 g/mol. The number of hydrogen-bond donors (Lipinski definition) is 1. The highest BCUT2D eigenvalue weighted by atomic mass is 32.2. The third-order valence-corrected chi connectivity index (χ3v) is 2.28. The minimum absolute atomic E-state index is 0.410. The van der Waals surface area contributed by atoms with E-state index in [0.717, 1.165) is 16.2 Å². The number of pyridine rings is 1. The van der Waals surface area contributed by atoms with Crippen LogP contribution in [0.15, 0.2) is 23.6 Å². The fourth-order valence-corrected chi connectivity index (χ4v) is 1.55. The van der Waals surface area contributed by atoms with E-state index in [-0.39, 0.29) is 0 Å². The van der Waals surface area contributed by atoms with Crippen LogP contribution in [0.25, 0.3) is 11.0 Å². The average Bonchev–Trinajstić information content (AvgIpc) is 2.57. The maximum atomic E-state index is 8.38. The first-order chi connectivity index (χ1) is 6.40. The number of nitrogens with zero attached hydrogens (tertiary/aromatic N) is 3. The summed E-state index contributed by atoms with van der Waals surface area (Å²) < 4.78 is 0. The summed E-state index contributed by atoms with van der Waals surface area (Å²) in [4.78, 5) is 11.3. The first kappa shape index (κ1) is 8.08. The molecule has 0 bridgehead atoms. The molecule has 0 radical (unpaired) electrons. The van der Waals surface area contributed by atoms with Crippen LogP contribution in [0.2, 0.25) is 0 Å². The Bertz CT molecular complexity index is 423. The van der Waals surface area contributed by atoms with Crippen molar-refractivity contribution in [3.05, 3.63) is 18.5 Å². The molecule has 64 valence electrons. The molecule has 0 unspecified atom stereocenters. The van der Waals surface area contributed by atoms with Crippen molar-refractivity contribution in [2.75, 3.05) is 5.75 Å². The molecule has 2 heterocycles. The van der Waals surface area contributed by atoms with E-state index in [1.54, 1.807) is 12.4 Å². The molecule has 0 spiro atoms. The summed E-state index contributed by atoms with van der Waals surface area (Å²) in [5, 5.41) is 9.15. The van der Waals surface area contributed by atoms with Gasteiger partial charge in [0.1, 0.15) is 0 Å². The molecule has 0 aliphatic heterocycles. The van der Waals surface area contributed by atoms with Gasteiger partial charge in [0.2, 0.25) is 0 Å². The zero-order valence-corrected chi connectivity index (χ0v) is 7.51. The van der Waals surface area contributed by atoms with Gasteiger partial charge in [-0.05, 0) is 6.07 Å². The van der Waals surface area contributed by atoms with Crippen molar-refractivity contribution < 1.29 is 0 Å². The summed E-state index contributed by atoms with van der Waals surface area (Å²) in [5.41, 5.74) is 1.79. The van der Waals surface area contributed by atoms with Gasteiger partial charge in [0.05, 0.1) is 29.1 Å². The number of H-pyrrole nitrogens is 1. The summed E-state index contributed by atoms with van der Waals surface area (Å²) in [6.45, 7) is 0. The Morgan fingerprint density at radius 3 is 3.31 bits per heavy atom. The molecule has 0 amide bonds. The summed E-state index contributed by atoms with van der Waals surface area (Å²) in [6.07, 6.45) is 3.42. The zero-order chi connectivity index (χ0) is 9.10. The van der Waals surface area contributed by atoms with Crippen LogP contribution in [0.4, 0.5) is 0 Å². The molecule has 0 fully saturated rings. The SMILES string of the molecule is N#CCSc1nc2ccncc2[nH]1. The van der Waals surface area contributed by atoms with Crippen molar-refractivity contribution in [2.45, 2.75) is 5.16 Å².